The zero-order chi connectivity index (χ0) is 23.5. The van der Waals surface area contributed by atoms with Crippen LogP contribution >= 0.6 is 0 Å². The fourth-order valence-electron chi connectivity index (χ4n) is 5.30. The Kier molecular flexibility index (Phi) is 7.18. The lowest BCUT2D eigenvalue weighted by Gasteiger charge is -2.38. The van der Waals surface area contributed by atoms with Crippen LogP contribution in [-0.2, 0) is 11.3 Å². The Labute approximate surface area is 198 Å². The van der Waals surface area contributed by atoms with E-state index in [9.17, 15) is 9.59 Å². The van der Waals surface area contributed by atoms with E-state index >= 15 is 0 Å². The van der Waals surface area contributed by atoms with Crippen molar-refractivity contribution < 1.29 is 9.59 Å². The summed E-state index contributed by atoms with van der Waals surface area (Å²) in [7, 11) is 0. The Balaban J connectivity index is 1.31. The molecule has 0 bridgehead atoms. The summed E-state index contributed by atoms with van der Waals surface area (Å²) >= 11 is 0. The van der Waals surface area contributed by atoms with Crippen molar-refractivity contribution in [3.8, 4) is 0 Å². The van der Waals surface area contributed by atoms with Gasteiger partial charge in [0.15, 0.2) is 0 Å². The third-order valence-electron chi connectivity index (χ3n) is 7.30. The van der Waals surface area contributed by atoms with E-state index in [1.807, 2.05) is 31.2 Å². The number of nitrogens with zero attached hydrogens (tertiary/aromatic N) is 2. The second kappa shape index (κ2) is 10.1. The first-order valence-corrected chi connectivity index (χ1v) is 12.3. The van der Waals surface area contributed by atoms with Gasteiger partial charge in [0, 0.05) is 38.3 Å². The minimum absolute atomic E-state index is 0.0326. The fraction of sp³-hybridized carbons (Fsp3) is 0.500. The average Bonchev–Trinajstić information content (AvgIpc) is 2.80. The average molecular weight is 448 g/mol. The van der Waals surface area contributed by atoms with Gasteiger partial charge in [-0.25, -0.2) is 0 Å². The number of likely N-dealkylation sites (tertiary alicyclic amines) is 1. The molecule has 1 N–H and O–H groups in total. The van der Waals surface area contributed by atoms with Crippen molar-refractivity contribution in [3.05, 3.63) is 69.8 Å². The second-order valence-electron chi connectivity index (χ2n) is 10.0. The predicted molar refractivity (Wildman–Crippen MR) is 132 cm³/mol. The smallest absolute Gasteiger partial charge is 0.251 e. The molecule has 2 aromatic carbocycles. The van der Waals surface area contributed by atoms with E-state index in [-0.39, 0.29) is 11.8 Å². The molecule has 0 saturated carbocycles. The maximum atomic E-state index is 13.4. The van der Waals surface area contributed by atoms with Crippen LogP contribution in [0.4, 0.5) is 0 Å². The highest BCUT2D eigenvalue weighted by Gasteiger charge is 2.33. The summed E-state index contributed by atoms with van der Waals surface area (Å²) in [6, 6.07) is 12.2. The van der Waals surface area contributed by atoms with E-state index < -0.39 is 0 Å². The molecule has 5 heteroatoms. The van der Waals surface area contributed by atoms with Crippen molar-refractivity contribution in [2.45, 2.75) is 53.0 Å². The molecule has 2 atom stereocenters. The molecule has 2 unspecified atom stereocenters. The minimum atomic E-state index is -0.0326. The molecule has 0 aliphatic carbocycles. The summed E-state index contributed by atoms with van der Waals surface area (Å²) in [5.41, 5.74) is 7.12. The first-order chi connectivity index (χ1) is 15.8. The lowest BCUT2D eigenvalue weighted by molar-refractivity contribution is -0.138. The molecule has 0 radical (unpaired) electrons. The van der Waals surface area contributed by atoms with Gasteiger partial charge in [0.2, 0.25) is 5.91 Å². The number of hydrogen-bond acceptors (Lipinski definition) is 3. The summed E-state index contributed by atoms with van der Waals surface area (Å²) in [6.45, 7) is 13.2. The fourth-order valence-corrected chi connectivity index (χ4v) is 5.30. The Morgan fingerprint density at radius 3 is 2.64 bits per heavy atom. The molecule has 1 fully saturated rings. The highest BCUT2D eigenvalue weighted by Crippen LogP contribution is 2.32. The Bertz CT molecular complexity index is 1030. The van der Waals surface area contributed by atoms with Crippen molar-refractivity contribution in [2.24, 2.45) is 5.92 Å². The van der Waals surface area contributed by atoms with Gasteiger partial charge in [-0.05, 0) is 80.5 Å². The first-order valence-electron chi connectivity index (χ1n) is 12.3. The summed E-state index contributed by atoms with van der Waals surface area (Å²) in [4.78, 5) is 30.2. The largest absolute Gasteiger partial charge is 0.351 e. The number of carbonyl (C=O) groups excluding carboxylic acids is 2. The molecular formula is C28H37N3O2. The molecule has 1 saturated heterocycles. The van der Waals surface area contributed by atoms with Gasteiger partial charge >= 0.3 is 0 Å². The van der Waals surface area contributed by atoms with Gasteiger partial charge in [-0.1, -0.05) is 36.8 Å². The first kappa shape index (κ1) is 23.5. The molecule has 2 aliphatic rings. The summed E-state index contributed by atoms with van der Waals surface area (Å²) in [5, 5.41) is 3.03. The van der Waals surface area contributed by atoms with Gasteiger partial charge in [0.1, 0.15) is 0 Å². The van der Waals surface area contributed by atoms with E-state index in [2.05, 4.69) is 48.0 Å². The number of hydrogen-bond donors (Lipinski definition) is 1. The number of benzene rings is 2. The quantitative estimate of drug-likeness (QED) is 0.747. The monoisotopic (exact) mass is 447 g/mol. The van der Waals surface area contributed by atoms with E-state index in [0.29, 0.717) is 23.9 Å². The maximum absolute atomic E-state index is 13.4. The van der Waals surface area contributed by atoms with Crippen LogP contribution in [0.3, 0.4) is 0 Å². The number of aryl methyl sites for hydroxylation is 3. The number of carbonyl (C=O) groups is 2. The van der Waals surface area contributed by atoms with E-state index in [4.69, 9.17) is 0 Å². The van der Waals surface area contributed by atoms with Gasteiger partial charge in [-0.15, -0.1) is 0 Å². The minimum Gasteiger partial charge on any atom is -0.351 e. The van der Waals surface area contributed by atoms with E-state index in [0.717, 1.165) is 51.1 Å². The number of nitrogens with one attached hydrogen (secondary N) is 1. The van der Waals surface area contributed by atoms with Crippen molar-refractivity contribution >= 4 is 11.8 Å². The Hall–Kier alpha value is -2.66. The SMILES string of the molecule is Cc1cccc(C(=O)NCCN2CCCC(C(=O)N3Cc4cc(C)c(C)cc4C(C)C3)C2)c1. The zero-order valence-electron chi connectivity index (χ0n) is 20.5. The second-order valence-corrected chi connectivity index (χ2v) is 10.0. The number of fused-ring (bicyclic) bond motifs is 1. The molecule has 0 spiro atoms. The van der Waals surface area contributed by atoms with Crippen LogP contribution in [0.2, 0.25) is 0 Å². The maximum Gasteiger partial charge on any atom is 0.251 e. The molecule has 4 rings (SSSR count). The van der Waals surface area contributed by atoms with Crippen molar-refractivity contribution in [2.75, 3.05) is 32.7 Å². The highest BCUT2D eigenvalue weighted by molar-refractivity contribution is 5.94. The van der Waals surface area contributed by atoms with Crippen molar-refractivity contribution in [1.29, 1.82) is 0 Å². The molecule has 5 nitrogen and oxygen atoms in total. The molecular weight excluding hydrogens is 410 g/mol. The highest BCUT2D eigenvalue weighted by atomic mass is 16.2. The third-order valence-corrected chi connectivity index (χ3v) is 7.30. The van der Waals surface area contributed by atoms with Crippen molar-refractivity contribution in [1.82, 2.24) is 15.1 Å². The van der Waals surface area contributed by atoms with Crippen LogP contribution in [0.5, 0.6) is 0 Å². The normalized spacial score (nSPS) is 20.9. The van der Waals surface area contributed by atoms with Gasteiger partial charge in [-0.3, -0.25) is 9.59 Å². The van der Waals surface area contributed by atoms with Gasteiger partial charge < -0.3 is 15.1 Å². The Morgan fingerprint density at radius 2 is 1.85 bits per heavy atom. The number of amides is 2. The van der Waals surface area contributed by atoms with Gasteiger partial charge in [0.05, 0.1) is 5.92 Å². The standard InChI is InChI=1S/C28H37N3O2/c1-19-7-5-8-23(13-19)27(32)29-10-12-30-11-6-9-24(17-30)28(33)31-16-22(4)26-15-21(3)20(2)14-25(26)18-31/h5,7-8,13-15,22,24H,6,9-12,16-18H2,1-4H3,(H,29,32). The van der Waals surface area contributed by atoms with Crippen LogP contribution in [0.1, 0.15) is 63.9 Å². The molecule has 176 valence electrons. The third kappa shape index (κ3) is 5.47. The summed E-state index contributed by atoms with van der Waals surface area (Å²) < 4.78 is 0. The topological polar surface area (TPSA) is 52.7 Å². The zero-order valence-corrected chi connectivity index (χ0v) is 20.5. The van der Waals surface area contributed by atoms with Crippen LogP contribution in [-0.4, -0.2) is 54.3 Å². The predicted octanol–water partition coefficient (Wildman–Crippen LogP) is 4.20. The van der Waals surface area contributed by atoms with Crippen LogP contribution in [0, 0.1) is 26.7 Å². The van der Waals surface area contributed by atoms with Crippen LogP contribution in [0.25, 0.3) is 0 Å². The summed E-state index contributed by atoms with van der Waals surface area (Å²) in [6.07, 6.45) is 1.98. The Morgan fingerprint density at radius 1 is 1.06 bits per heavy atom. The molecule has 2 amide bonds. The lowest BCUT2D eigenvalue weighted by Crippen LogP contribution is -2.48. The lowest BCUT2D eigenvalue weighted by atomic mass is 9.87. The van der Waals surface area contributed by atoms with E-state index in [1.165, 1.54) is 22.3 Å². The number of rotatable bonds is 5. The molecule has 33 heavy (non-hydrogen) atoms. The summed E-state index contributed by atoms with van der Waals surface area (Å²) in [5.74, 6) is 0.675. The van der Waals surface area contributed by atoms with Crippen LogP contribution in [0.15, 0.2) is 36.4 Å². The van der Waals surface area contributed by atoms with E-state index in [1.54, 1.807) is 0 Å². The number of piperidine rings is 1. The van der Waals surface area contributed by atoms with Crippen molar-refractivity contribution in [3.63, 3.8) is 0 Å². The molecule has 2 heterocycles. The molecule has 2 aliphatic heterocycles. The molecule has 2 aromatic rings. The molecule has 0 aromatic heterocycles. The van der Waals surface area contributed by atoms with Crippen LogP contribution < -0.4 is 5.32 Å². The van der Waals surface area contributed by atoms with Gasteiger partial charge in [-0.2, -0.15) is 0 Å². The van der Waals surface area contributed by atoms with Gasteiger partial charge in [0.25, 0.3) is 5.91 Å².